The van der Waals surface area contributed by atoms with Crippen molar-refractivity contribution in [2.45, 2.75) is 6.92 Å². The van der Waals surface area contributed by atoms with E-state index in [0.717, 1.165) is 5.75 Å². The third kappa shape index (κ3) is 1.61. The third-order valence-corrected chi connectivity index (χ3v) is 1.99. The normalized spacial score (nSPS) is 9.30. The summed E-state index contributed by atoms with van der Waals surface area (Å²) in [5.41, 5.74) is 0. The zero-order valence-electron chi connectivity index (χ0n) is 5.96. The summed E-state index contributed by atoms with van der Waals surface area (Å²) in [7, 11) is 0. The van der Waals surface area contributed by atoms with Crippen molar-refractivity contribution < 1.29 is 4.74 Å². The lowest BCUT2D eigenvalue weighted by molar-refractivity contribution is 0.362. The number of rotatable bonds is 3. The molecule has 0 aliphatic rings. The average molecular weight is 154 g/mol. The number of aryl methyl sites for hydroxylation is 1. The van der Waals surface area contributed by atoms with E-state index in [9.17, 15) is 0 Å². The van der Waals surface area contributed by atoms with Crippen molar-refractivity contribution in [2.24, 2.45) is 0 Å². The highest BCUT2D eigenvalue weighted by atomic mass is 32.1. The number of hydrogen-bond donors (Lipinski definition) is 0. The molecule has 54 valence electrons. The molecule has 0 unspecified atom stereocenters. The molecule has 0 aromatic carbocycles. The van der Waals surface area contributed by atoms with Gasteiger partial charge in [-0.3, -0.25) is 0 Å². The summed E-state index contributed by atoms with van der Waals surface area (Å²) in [4.78, 5) is 1.22. The van der Waals surface area contributed by atoms with Gasteiger partial charge < -0.3 is 4.74 Å². The average Bonchev–Trinajstić information content (AvgIpc) is 2.31. The standard InChI is InChI=1S/C8H10OS/c1-3-5-9-8-4-6-10-7(8)2/h3-4,6H,1,5H2,2H3. The Balaban J connectivity index is 2.56. The fourth-order valence-corrected chi connectivity index (χ4v) is 1.31. The van der Waals surface area contributed by atoms with Gasteiger partial charge in [0, 0.05) is 4.88 Å². The van der Waals surface area contributed by atoms with Gasteiger partial charge in [0.2, 0.25) is 0 Å². The molecule has 1 aromatic heterocycles. The minimum Gasteiger partial charge on any atom is -0.488 e. The summed E-state index contributed by atoms with van der Waals surface area (Å²) < 4.78 is 5.32. The second-order valence-electron chi connectivity index (χ2n) is 1.94. The van der Waals surface area contributed by atoms with Crippen LogP contribution < -0.4 is 4.74 Å². The molecule has 1 heterocycles. The molecule has 10 heavy (non-hydrogen) atoms. The molecular weight excluding hydrogens is 144 g/mol. The molecule has 0 fully saturated rings. The van der Waals surface area contributed by atoms with E-state index in [1.807, 2.05) is 18.4 Å². The highest BCUT2D eigenvalue weighted by Gasteiger charge is 1.96. The first-order valence-electron chi connectivity index (χ1n) is 3.12. The fourth-order valence-electron chi connectivity index (χ4n) is 0.672. The van der Waals surface area contributed by atoms with Crippen molar-refractivity contribution in [3.8, 4) is 5.75 Å². The van der Waals surface area contributed by atoms with Gasteiger partial charge in [-0.25, -0.2) is 0 Å². The van der Waals surface area contributed by atoms with Crippen molar-refractivity contribution in [1.29, 1.82) is 0 Å². The smallest absolute Gasteiger partial charge is 0.133 e. The Morgan fingerprint density at radius 3 is 3.10 bits per heavy atom. The molecule has 0 bridgehead atoms. The number of thiophene rings is 1. The van der Waals surface area contributed by atoms with Gasteiger partial charge in [0.05, 0.1) is 0 Å². The monoisotopic (exact) mass is 154 g/mol. The Bertz CT molecular complexity index is 215. The van der Waals surface area contributed by atoms with Crippen molar-refractivity contribution in [1.82, 2.24) is 0 Å². The first-order valence-corrected chi connectivity index (χ1v) is 4.00. The highest BCUT2D eigenvalue weighted by Crippen LogP contribution is 2.22. The topological polar surface area (TPSA) is 9.23 Å². The van der Waals surface area contributed by atoms with E-state index in [1.54, 1.807) is 17.4 Å². The van der Waals surface area contributed by atoms with Gasteiger partial charge in [-0.15, -0.1) is 11.3 Å². The summed E-state index contributed by atoms with van der Waals surface area (Å²) in [6.45, 7) is 6.21. The predicted octanol–water partition coefficient (Wildman–Crippen LogP) is 2.62. The van der Waals surface area contributed by atoms with Crippen molar-refractivity contribution in [3.63, 3.8) is 0 Å². The Labute approximate surface area is 65.0 Å². The maximum Gasteiger partial charge on any atom is 0.133 e. The van der Waals surface area contributed by atoms with Crippen LogP contribution in [0.2, 0.25) is 0 Å². The quantitative estimate of drug-likeness (QED) is 0.608. The van der Waals surface area contributed by atoms with Gasteiger partial charge in [-0.05, 0) is 18.4 Å². The van der Waals surface area contributed by atoms with Gasteiger partial charge in [0.25, 0.3) is 0 Å². The van der Waals surface area contributed by atoms with Gasteiger partial charge in [0.15, 0.2) is 0 Å². The van der Waals surface area contributed by atoms with Crippen molar-refractivity contribution in [2.75, 3.05) is 6.61 Å². The Morgan fingerprint density at radius 2 is 2.60 bits per heavy atom. The molecule has 0 atom stereocenters. The lowest BCUT2D eigenvalue weighted by atomic mass is 10.5. The molecule has 0 spiro atoms. The molecule has 0 aliphatic carbocycles. The predicted molar refractivity (Wildman–Crippen MR) is 44.7 cm³/mol. The first-order chi connectivity index (χ1) is 4.84. The molecule has 0 N–H and O–H groups in total. The molecule has 0 saturated heterocycles. The maximum atomic E-state index is 5.32. The number of ether oxygens (including phenoxy) is 1. The van der Waals surface area contributed by atoms with Gasteiger partial charge in [-0.1, -0.05) is 12.7 Å². The summed E-state index contributed by atoms with van der Waals surface area (Å²) in [6, 6.07) is 1.98. The lowest BCUT2D eigenvalue weighted by Gasteiger charge is -1.99. The summed E-state index contributed by atoms with van der Waals surface area (Å²) >= 11 is 1.70. The van der Waals surface area contributed by atoms with Crippen LogP contribution in [0.15, 0.2) is 24.1 Å². The van der Waals surface area contributed by atoms with Crippen LogP contribution in [-0.2, 0) is 0 Å². The Morgan fingerprint density at radius 1 is 1.80 bits per heavy atom. The van der Waals surface area contributed by atoms with Crippen molar-refractivity contribution in [3.05, 3.63) is 29.0 Å². The second-order valence-corrected chi connectivity index (χ2v) is 3.06. The van der Waals surface area contributed by atoms with E-state index in [-0.39, 0.29) is 0 Å². The number of hydrogen-bond acceptors (Lipinski definition) is 2. The van der Waals surface area contributed by atoms with E-state index in [0.29, 0.717) is 6.61 Å². The summed E-state index contributed by atoms with van der Waals surface area (Å²) in [6.07, 6.45) is 1.75. The second kappa shape index (κ2) is 3.42. The molecule has 1 nitrogen and oxygen atoms in total. The van der Waals surface area contributed by atoms with Gasteiger partial charge in [0.1, 0.15) is 12.4 Å². The molecule has 0 saturated carbocycles. The van der Waals surface area contributed by atoms with Crippen LogP contribution in [-0.4, -0.2) is 6.61 Å². The van der Waals surface area contributed by atoms with Gasteiger partial charge >= 0.3 is 0 Å². The van der Waals surface area contributed by atoms with Gasteiger partial charge in [-0.2, -0.15) is 0 Å². The lowest BCUT2D eigenvalue weighted by Crippen LogP contribution is -1.91. The van der Waals surface area contributed by atoms with Crippen LogP contribution in [0, 0.1) is 6.92 Å². The zero-order chi connectivity index (χ0) is 7.40. The molecule has 0 aliphatic heterocycles. The van der Waals surface area contributed by atoms with E-state index < -0.39 is 0 Å². The maximum absolute atomic E-state index is 5.32. The largest absolute Gasteiger partial charge is 0.488 e. The van der Waals surface area contributed by atoms with Crippen LogP contribution >= 0.6 is 11.3 Å². The van der Waals surface area contributed by atoms with E-state index in [4.69, 9.17) is 4.74 Å². The van der Waals surface area contributed by atoms with Crippen molar-refractivity contribution >= 4 is 11.3 Å². The summed E-state index contributed by atoms with van der Waals surface area (Å²) in [5, 5.41) is 2.02. The Kier molecular flexibility index (Phi) is 2.51. The molecule has 1 rings (SSSR count). The van der Waals surface area contributed by atoms with Crippen LogP contribution in [0.3, 0.4) is 0 Å². The van der Waals surface area contributed by atoms with Crippen LogP contribution in [0.25, 0.3) is 0 Å². The summed E-state index contributed by atoms with van der Waals surface area (Å²) in [5.74, 6) is 0.977. The molecule has 0 amide bonds. The first kappa shape index (κ1) is 7.35. The third-order valence-electron chi connectivity index (χ3n) is 1.17. The Hall–Kier alpha value is -0.760. The molecule has 0 radical (unpaired) electrons. The SMILES string of the molecule is C=CCOc1ccsc1C. The molecule has 1 aromatic rings. The van der Waals surface area contributed by atoms with Crippen LogP contribution in [0.4, 0.5) is 0 Å². The zero-order valence-corrected chi connectivity index (χ0v) is 6.78. The minimum atomic E-state index is 0.595. The molecular formula is C8H10OS. The van der Waals surface area contributed by atoms with E-state index in [2.05, 4.69) is 6.58 Å². The van der Waals surface area contributed by atoms with Crippen LogP contribution in [0.1, 0.15) is 4.88 Å². The van der Waals surface area contributed by atoms with E-state index in [1.165, 1.54) is 4.88 Å². The highest BCUT2D eigenvalue weighted by molar-refractivity contribution is 7.10. The molecule has 2 heteroatoms. The van der Waals surface area contributed by atoms with E-state index >= 15 is 0 Å². The van der Waals surface area contributed by atoms with Crippen LogP contribution in [0.5, 0.6) is 5.75 Å². The fraction of sp³-hybridized carbons (Fsp3) is 0.250. The minimum absolute atomic E-state index is 0.595.